The van der Waals surface area contributed by atoms with Crippen LogP contribution in [-0.4, -0.2) is 0 Å². The van der Waals surface area contributed by atoms with Crippen molar-refractivity contribution in [1.29, 1.82) is 0 Å². The molecule has 19 rings (SSSR count). The SMILES string of the molecule is Cc1cc2[n+]3cc1-c1ccccc1/C1=C/C34C3=C5C6(/C7=C\C18C[n+]1cc(ccc1-c1ccccc18)-c1ccccc17)c1ccccc1-c1ccc7c[n+]1C56C=C(c1ccccc1-7)C34c1ccccc1-2. The third kappa shape index (κ3) is 3.30. The fourth-order valence-corrected chi connectivity index (χ4v) is 16.7. The molecule has 12 bridgehead atoms. The van der Waals surface area contributed by atoms with E-state index in [-0.39, 0.29) is 0 Å². The van der Waals surface area contributed by atoms with Crippen molar-refractivity contribution in [2.45, 2.75) is 40.8 Å². The summed E-state index contributed by atoms with van der Waals surface area (Å²) in [7, 11) is 0. The van der Waals surface area contributed by atoms with Gasteiger partial charge in [-0.2, -0.15) is 13.7 Å². The lowest BCUT2D eigenvalue weighted by atomic mass is 9.63. The van der Waals surface area contributed by atoms with Gasteiger partial charge in [-0.1, -0.05) is 133 Å². The van der Waals surface area contributed by atoms with Crippen molar-refractivity contribution < 1.29 is 13.7 Å². The Bertz CT molecular complexity index is 4270. The molecule has 5 atom stereocenters. The molecule has 3 aromatic heterocycles. The Kier molecular flexibility index (Phi) is 5.42. The van der Waals surface area contributed by atoms with Crippen molar-refractivity contribution in [1.82, 2.24) is 0 Å². The first-order chi connectivity index (χ1) is 34.1. The zero-order valence-electron chi connectivity index (χ0n) is 37.8. The van der Waals surface area contributed by atoms with Crippen LogP contribution in [0, 0.1) is 6.92 Å². The molecule has 10 aliphatic rings. The fraction of sp³-hybridized carbons (Fsp3) is 0.106. The van der Waals surface area contributed by atoms with Crippen LogP contribution in [0.15, 0.2) is 224 Å². The minimum absolute atomic E-state index is 0.522. The third-order valence-corrected chi connectivity index (χ3v) is 19.1. The van der Waals surface area contributed by atoms with Gasteiger partial charge in [0.25, 0.3) is 0 Å². The van der Waals surface area contributed by atoms with Crippen molar-refractivity contribution in [3.63, 3.8) is 0 Å². The van der Waals surface area contributed by atoms with E-state index in [1.165, 1.54) is 123 Å². The number of pyridine rings is 3. The number of nitrogens with zero attached hydrogens (tertiary/aromatic N) is 3. The summed E-state index contributed by atoms with van der Waals surface area (Å²) < 4.78 is 8.20. The van der Waals surface area contributed by atoms with E-state index in [0.717, 1.165) is 6.54 Å². The minimum atomic E-state index is -0.616. The molecule has 9 aromatic rings. The molecule has 6 aromatic carbocycles. The van der Waals surface area contributed by atoms with Gasteiger partial charge in [0.05, 0.1) is 22.1 Å². The normalized spacial score (nSPS) is 28.6. The Morgan fingerprint density at radius 1 is 0.362 bits per heavy atom. The van der Waals surface area contributed by atoms with E-state index < -0.39 is 27.3 Å². The second-order valence-corrected chi connectivity index (χ2v) is 21.4. The molecule has 0 amide bonds. The van der Waals surface area contributed by atoms with Crippen molar-refractivity contribution in [3.05, 3.63) is 263 Å². The summed E-state index contributed by atoms with van der Waals surface area (Å²) in [4.78, 5) is 0. The first-order valence-corrected chi connectivity index (χ1v) is 24.8. The molecule has 5 unspecified atom stereocenters. The first-order valence-electron chi connectivity index (χ1n) is 24.8. The molecule has 4 aliphatic carbocycles. The number of hydrogen-bond acceptors (Lipinski definition) is 0. The lowest BCUT2D eigenvalue weighted by Gasteiger charge is -2.40. The average Bonchev–Trinajstić information content (AvgIpc) is 4.25. The van der Waals surface area contributed by atoms with Crippen LogP contribution in [-0.2, 0) is 33.9 Å². The molecule has 9 heterocycles. The summed E-state index contributed by atoms with van der Waals surface area (Å²) in [6.45, 7) is 3.11. The van der Waals surface area contributed by atoms with Gasteiger partial charge in [0.2, 0.25) is 28.2 Å². The van der Waals surface area contributed by atoms with Crippen LogP contribution in [0.3, 0.4) is 0 Å². The molecule has 69 heavy (non-hydrogen) atoms. The topological polar surface area (TPSA) is 11.6 Å². The molecule has 0 radical (unpaired) electrons. The standard InChI is InChI=1S/C66H40N3/c1-38-30-59-49-22-10-13-25-53(49)66-56-33-64-61-60(66)63(66)32-54(46-19-7-4-16-43(46)50(38)36-69(59)63)62-31-55(44-17-5-2-14-41(44)39-26-28-57(67(34-39)37-62)47-20-8-11-23-51(47)62)65(61,64)52-24-12-9-21-48(52)58-29-27-40(35-68(58)64)42-15-3-6-18-45(42)56/h2-36H,37H2,1H3/q+3/b54-32-,55-31-. The highest BCUT2D eigenvalue weighted by atomic mass is 15.2. The zero-order chi connectivity index (χ0) is 44.5. The largest absolute Gasteiger partial charge is 0.228 e. The van der Waals surface area contributed by atoms with E-state index in [2.05, 4.69) is 233 Å². The van der Waals surface area contributed by atoms with Crippen molar-refractivity contribution >= 4 is 16.7 Å². The van der Waals surface area contributed by atoms with Crippen LogP contribution in [0.25, 0.3) is 83.9 Å². The molecule has 6 aliphatic heterocycles. The van der Waals surface area contributed by atoms with E-state index in [4.69, 9.17) is 0 Å². The number of allylic oxidation sites excluding steroid dienone is 8. The Hall–Kier alpha value is -8.27. The van der Waals surface area contributed by atoms with E-state index in [0.29, 0.717) is 0 Å². The van der Waals surface area contributed by atoms with Gasteiger partial charge in [-0.05, 0) is 122 Å². The molecule has 0 saturated heterocycles. The van der Waals surface area contributed by atoms with Gasteiger partial charge in [0.1, 0.15) is 10.8 Å². The summed E-state index contributed by atoms with van der Waals surface area (Å²) in [5.41, 5.74) is 29.4. The second-order valence-electron chi connectivity index (χ2n) is 21.4. The number of fused-ring (bicyclic) bond motifs is 18. The Labute approximate surface area is 399 Å². The fourth-order valence-electron chi connectivity index (χ4n) is 16.7. The maximum atomic E-state index is 2.87. The van der Waals surface area contributed by atoms with E-state index >= 15 is 0 Å². The number of hydrogen-bond donors (Lipinski definition) is 0. The van der Waals surface area contributed by atoms with Crippen molar-refractivity contribution in [2.75, 3.05) is 0 Å². The van der Waals surface area contributed by atoms with Gasteiger partial charge in [-0.15, -0.1) is 0 Å². The monoisotopic (exact) mass is 874 g/mol. The Morgan fingerprint density at radius 2 is 0.826 bits per heavy atom. The van der Waals surface area contributed by atoms with Gasteiger partial charge >= 0.3 is 0 Å². The number of aromatic nitrogens is 3. The summed E-state index contributed by atoms with van der Waals surface area (Å²) in [5.74, 6) is 0. The summed E-state index contributed by atoms with van der Waals surface area (Å²) >= 11 is 0. The highest BCUT2D eigenvalue weighted by Crippen LogP contribution is 2.89. The lowest BCUT2D eigenvalue weighted by Crippen LogP contribution is -2.56. The van der Waals surface area contributed by atoms with Gasteiger partial charge in [-0.25, -0.2) is 0 Å². The van der Waals surface area contributed by atoms with Crippen LogP contribution in [0.1, 0.15) is 38.9 Å². The number of benzene rings is 6. The van der Waals surface area contributed by atoms with Gasteiger partial charge in [0.15, 0.2) is 25.1 Å². The molecule has 2 fully saturated rings. The maximum absolute atomic E-state index is 2.87. The molecule has 0 N–H and O–H groups in total. The predicted octanol–water partition coefficient (Wildman–Crippen LogP) is 11.9. The third-order valence-electron chi connectivity index (χ3n) is 19.1. The molecular formula is C66H40N3+3. The summed E-state index contributed by atoms with van der Waals surface area (Å²) in [6.07, 6.45) is 16.2. The number of rotatable bonds is 0. The van der Waals surface area contributed by atoms with Gasteiger partial charge in [-0.3, -0.25) is 0 Å². The Balaban J connectivity index is 1.15. The van der Waals surface area contributed by atoms with Crippen molar-refractivity contribution in [2.24, 2.45) is 0 Å². The van der Waals surface area contributed by atoms with Crippen molar-refractivity contribution in [3.8, 4) is 67.2 Å². The first kappa shape index (κ1) is 35.0. The maximum Gasteiger partial charge on any atom is 0.228 e. The molecule has 3 nitrogen and oxygen atoms in total. The van der Waals surface area contributed by atoms with Crippen LogP contribution in [0.2, 0.25) is 0 Å². The molecule has 316 valence electrons. The van der Waals surface area contributed by atoms with Crippen LogP contribution in [0.4, 0.5) is 0 Å². The summed E-state index contributed by atoms with van der Waals surface area (Å²) in [5, 5.41) is 0. The smallest absolute Gasteiger partial charge is 0.196 e. The van der Waals surface area contributed by atoms with Gasteiger partial charge < -0.3 is 0 Å². The molecule has 5 spiro atoms. The van der Waals surface area contributed by atoms with E-state index in [1.807, 2.05) is 0 Å². The van der Waals surface area contributed by atoms with Crippen LogP contribution < -0.4 is 13.7 Å². The minimum Gasteiger partial charge on any atom is -0.196 e. The van der Waals surface area contributed by atoms with Crippen LogP contribution >= 0.6 is 0 Å². The van der Waals surface area contributed by atoms with Gasteiger partial charge in [0, 0.05) is 46.0 Å². The predicted molar refractivity (Wildman–Crippen MR) is 269 cm³/mol. The summed E-state index contributed by atoms with van der Waals surface area (Å²) in [6, 6.07) is 68.8. The highest BCUT2D eigenvalue weighted by Gasteiger charge is 2.97. The van der Waals surface area contributed by atoms with E-state index in [1.54, 1.807) is 11.1 Å². The second kappa shape index (κ2) is 10.7. The quantitative estimate of drug-likeness (QED) is 0.106. The highest BCUT2D eigenvalue weighted by molar-refractivity contribution is 6.11. The molecular weight excluding hydrogens is 835 g/mol. The average molecular weight is 875 g/mol. The van der Waals surface area contributed by atoms with E-state index in [9.17, 15) is 0 Å². The lowest BCUT2D eigenvalue weighted by molar-refractivity contribution is -0.719. The number of aryl methyl sites for hydroxylation is 1. The molecule has 2 saturated carbocycles. The zero-order valence-corrected chi connectivity index (χ0v) is 37.8. The van der Waals surface area contributed by atoms with Crippen LogP contribution in [0.5, 0.6) is 0 Å². The Morgan fingerprint density at radius 3 is 1.48 bits per heavy atom. The molecule has 3 heteroatoms.